The van der Waals surface area contributed by atoms with E-state index in [0.29, 0.717) is 25.3 Å². The molecule has 0 atom stereocenters. The molecule has 0 aromatic heterocycles. The number of carboxylic acid groups (broad SMARTS) is 1. The van der Waals surface area contributed by atoms with Crippen molar-refractivity contribution in [1.82, 2.24) is 9.80 Å². The summed E-state index contributed by atoms with van der Waals surface area (Å²) in [6.45, 7) is 7.85. The van der Waals surface area contributed by atoms with Crippen molar-refractivity contribution in [2.45, 2.75) is 19.4 Å². The van der Waals surface area contributed by atoms with Gasteiger partial charge in [0.15, 0.2) is 0 Å². The molecule has 2 rings (SSSR count). The average Bonchev–Trinajstić information content (AvgIpc) is 2.54. The molecule has 1 saturated heterocycles. The number of rotatable bonds is 5. The number of nitrogens with zero attached hydrogens (tertiary/aromatic N) is 2. The maximum Gasteiger partial charge on any atom is 0.335 e. The van der Waals surface area contributed by atoms with Crippen LogP contribution in [0.15, 0.2) is 24.3 Å². The van der Waals surface area contributed by atoms with Gasteiger partial charge in [-0.15, -0.1) is 0 Å². The Balaban J connectivity index is 1.97. The maximum atomic E-state index is 12.5. The molecule has 1 aliphatic heterocycles. The highest BCUT2D eigenvalue weighted by Gasteiger charge is 2.31. The number of piperazine rings is 1. The van der Waals surface area contributed by atoms with Crippen LogP contribution in [0.1, 0.15) is 34.6 Å². The molecule has 0 bridgehead atoms. The Bertz CT molecular complexity index is 560. The molecule has 1 N–H and O–H groups in total. The number of ether oxygens (including phenoxy) is 1. The van der Waals surface area contributed by atoms with E-state index in [4.69, 9.17) is 9.84 Å². The predicted molar refractivity (Wildman–Crippen MR) is 86.8 cm³/mol. The molecule has 0 saturated carbocycles. The van der Waals surface area contributed by atoms with Crippen LogP contribution in [0.5, 0.6) is 0 Å². The Kier molecular flexibility index (Phi) is 5.38. The van der Waals surface area contributed by atoms with Crippen molar-refractivity contribution in [1.29, 1.82) is 0 Å². The molecule has 1 heterocycles. The van der Waals surface area contributed by atoms with Gasteiger partial charge < -0.3 is 14.7 Å². The predicted octanol–water partition coefficient (Wildman–Crippen LogP) is 1.57. The second-order valence-electron chi connectivity index (χ2n) is 6.41. The summed E-state index contributed by atoms with van der Waals surface area (Å²) in [5, 5.41) is 8.90. The summed E-state index contributed by atoms with van der Waals surface area (Å²) in [5.74, 6) is -1.04. The van der Waals surface area contributed by atoms with Crippen molar-refractivity contribution < 1.29 is 19.4 Å². The number of carboxylic acids is 1. The lowest BCUT2D eigenvalue weighted by atomic mass is 10.0. The van der Waals surface area contributed by atoms with Gasteiger partial charge in [-0.25, -0.2) is 4.79 Å². The Hall–Kier alpha value is -1.92. The third-order valence-corrected chi connectivity index (χ3v) is 4.30. The smallest absolute Gasteiger partial charge is 0.335 e. The summed E-state index contributed by atoms with van der Waals surface area (Å²) in [4.78, 5) is 27.5. The second-order valence-corrected chi connectivity index (χ2v) is 6.41. The van der Waals surface area contributed by atoms with Crippen LogP contribution in [0, 0.1) is 0 Å². The lowest BCUT2D eigenvalue weighted by Crippen LogP contribution is -2.57. The molecule has 0 aliphatic carbocycles. The standard InChI is InChI=1S/C17H24N2O4/c1-17(2,12-23-3)19-10-8-18(9-11-19)15(20)13-4-6-14(7-5-13)16(21)22/h4-7H,8-12H2,1-3H3,(H,21,22). The zero-order valence-electron chi connectivity index (χ0n) is 13.9. The SMILES string of the molecule is COCC(C)(C)N1CCN(C(=O)c2ccc(C(=O)O)cc2)CC1. The minimum atomic E-state index is -0.988. The van der Waals surface area contributed by atoms with E-state index in [1.165, 1.54) is 12.1 Å². The quantitative estimate of drug-likeness (QED) is 0.892. The molecule has 1 fully saturated rings. The van der Waals surface area contributed by atoms with Gasteiger partial charge in [-0.3, -0.25) is 9.69 Å². The van der Waals surface area contributed by atoms with E-state index in [-0.39, 0.29) is 17.0 Å². The van der Waals surface area contributed by atoms with Crippen LogP contribution in [0.2, 0.25) is 0 Å². The highest BCUT2D eigenvalue weighted by atomic mass is 16.5. The molecule has 1 amide bonds. The molecule has 1 aromatic rings. The van der Waals surface area contributed by atoms with Crippen molar-refractivity contribution in [2.24, 2.45) is 0 Å². The number of aromatic carboxylic acids is 1. The van der Waals surface area contributed by atoms with Crippen LogP contribution in [0.25, 0.3) is 0 Å². The van der Waals surface area contributed by atoms with E-state index in [0.717, 1.165) is 13.1 Å². The minimum Gasteiger partial charge on any atom is -0.478 e. The van der Waals surface area contributed by atoms with Crippen LogP contribution >= 0.6 is 0 Å². The van der Waals surface area contributed by atoms with Gasteiger partial charge in [0.1, 0.15) is 0 Å². The monoisotopic (exact) mass is 320 g/mol. The molecule has 1 aliphatic rings. The van der Waals surface area contributed by atoms with Crippen LogP contribution < -0.4 is 0 Å². The fourth-order valence-corrected chi connectivity index (χ4v) is 2.90. The highest BCUT2D eigenvalue weighted by molar-refractivity contribution is 5.96. The number of hydrogen-bond donors (Lipinski definition) is 1. The Morgan fingerprint density at radius 1 is 1.09 bits per heavy atom. The fraction of sp³-hybridized carbons (Fsp3) is 0.529. The van der Waals surface area contributed by atoms with Crippen molar-refractivity contribution in [3.8, 4) is 0 Å². The molecule has 6 heteroatoms. The third-order valence-electron chi connectivity index (χ3n) is 4.30. The van der Waals surface area contributed by atoms with Gasteiger partial charge in [0.25, 0.3) is 5.91 Å². The van der Waals surface area contributed by atoms with E-state index in [1.54, 1.807) is 19.2 Å². The number of methoxy groups -OCH3 is 1. The molecular weight excluding hydrogens is 296 g/mol. The number of benzene rings is 1. The van der Waals surface area contributed by atoms with Crippen molar-refractivity contribution in [3.05, 3.63) is 35.4 Å². The van der Waals surface area contributed by atoms with Crippen molar-refractivity contribution >= 4 is 11.9 Å². The van der Waals surface area contributed by atoms with Crippen LogP contribution in [-0.4, -0.2) is 72.2 Å². The lowest BCUT2D eigenvalue weighted by Gasteiger charge is -2.43. The summed E-state index contributed by atoms with van der Waals surface area (Å²) in [6, 6.07) is 6.08. The van der Waals surface area contributed by atoms with Gasteiger partial charge in [-0.05, 0) is 38.1 Å². The van der Waals surface area contributed by atoms with E-state index < -0.39 is 5.97 Å². The number of hydrogen-bond acceptors (Lipinski definition) is 4. The van der Waals surface area contributed by atoms with Crippen LogP contribution in [-0.2, 0) is 4.74 Å². The molecule has 0 spiro atoms. The minimum absolute atomic E-state index is 0.0486. The normalized spacial score (nSPS) is 16.4. The first-order valence-electron chi connectivity index (χ1n) is 7.72. The zero-order chi connectivity index (χ0) is 17.0. The number of carbonyl (C=O) groups is 2. The Morgan fingerprint density at radius 2 is 1.61 bits per heavy atom. The Labute approximate surface area is 136 Å². The molecule has 23 heavy (non-hydrogen) atoms. The average molecular weight is 320 g/mol. The van der Waals surface area contributed by atoms with Crippen molar-refractivity contribution in [2.75, 3.05) is 39.9 Å². The van der Waals surface area contributed by atoms with Gasteiger partial charge in [0.05, 0.1) is 12.2 Å². The summed E-state index contributed by atoms with van der Waals surface area (Å²) in [6.07, 6.45) is 0. The first kappa shape index (κ1) is 17.4. The number of amides is 1. The Morgan fingerprint density at radius 3 is 2.09 bits per heavy atom. The molecule has 0 unspecified atom stereocenters. The first-order valence-corrected chi connectivity index (χ1v) is 7.72. The van der Waals surface area contributed by atoms with Gasteiger partial charge >= 0.3 is 5.97 Å². The first-order chi connectivity index (χ1) is 10.8. The third kappa shape index (κ3) is 4.09. The van der Waals surface area contributed by atoms with Crippen LogP contribution in [0.3, 0.4) is 0 Å². The van der Waals surface area contributed by atoms with Crippen molar-refractivity contribution in [3.63, 3.8) is 0 Å². The summed E-state index contributed by atoms with van der Waals surface area (Å²) in [5.41, 5.74) is 0.666. The van der Waals surface area contributed by atoms with Gasteiger partial charge in [0.2, 0.25) is 0 Å². The maximum absolute atomic E-state index is 12.5. The van der Waals surface area contributed by atoms with E-state index in [1.807, 2.05) is 4.90 Å². The lowest BCUT2D eigenvalue weighted by molar-refractivity contribution is 0.00371. The largest absolute Gasteiger partial charge is 0.478 e. The van der Waals surface area contributed by atoms with E-state index in [2.05, 4.69) is 18.7 Å². The molecule has 1 aromatic carbocycles. The second kappa shape index (κ2) is 7.10. The number of carbonyl (C=O) groups excluding carboxylic acids is 1. The fourth-order valence-electron chi connectivity index (χ4n) is 2.90. The van der Waals surface area contributed by atoms with E-state index in [9.17, 15) is 9.59 Å². The van der Waals surface area contributed by atoms with Gasteiger partial charge in [0, 0.05) is 44.4 Å². The summed E-state index contributed by atoms with van der Waals surface area (Å²) in [7, 11) is 1.70. The molecule has 6 nitrogen and oxygen atoms in total. The summed E-state index contributed by atoms with van der Waals surface area (Å²) >= 11 is 0. The van der Waals surface area contributed by atoms with Crippen LogP contribution in [0.4, 0.5) is 0 Å². The van der Waals surface area contributed by atoms with Gasteiger partial charge in [-0.2, -0.15) is 0 Å². The molecular formula is C17H24N2O4. The topological polar surface area (TPSA) is 70.1 Å². The van der Waals surface area contributed by atoms with Gasteiger partial charge in [-0.1, -0.05) is 0 Å². The molecule has 126 valence electrons. The molecule has 0 radical (unpaired) electrons. The van der Waals surface area contributed by atoms with E-state index >= 15 is 0 Å². The zero-order valence-corrected chi connectivity index (χ0v) is 13.9. The summed E-state index contributed by atoms with van der Waals surface area (Å²) < 4.78 is 5.26. The highest BCUT2D eigenvalue weighted by Crippen LogP contribution is 2.18.